The molecule has 1 aromatic carbocycles. The zero-order valence-electron chi connectivity index (χ0n) is 17.0. The molecule has 1 fully saturated rings. The third-order valence-electron chi connectivity index (χ3n) is 5.67. The first kappa shape index (κ1) is 18.7. The van der Waals surface area contributed by atoms with Crippen molar-refractivity contribution in [3.05, 3.63) is 64.0 Å². The molecule has 0 spiro atoms. The number of thiazole rings is 1. The van der Waals surface area contributed by atoms with Crippen molar-refractivity contribution in [3.8, 4) is 11.3 Å². The first-order valence-electron chi connectivity index (χ1n) is 10.2. The number of benzene rings is 1. The van der Waals surface area contributed by atoms with Gasteiger partial charge in [0, 0.05) is 40.3 Å². The second kappa shape index (κ2) is 6.96. The first-order valence-corrected chi connectivity index (χ1v) is 11.9. The number of fused-ring (bicyclic) bond motifs is 2. The Morgan fingerprint density at radius 3 is 2.68 bits per heavy atom. The topological polar surface area (TPSA) is 72.2 Å². The number of nitrogens with one attached hydrogen (secondary N) is 1. The van der Waals surface area contributed by atoms with Crippen LogP contribution in [-0.4, -0.2) is 25.3 Å². The van der Waals surface area contributed by atoms with Crippen LogP contribution >= 0.6 is 22.7 Å². The number of imidazole rings is 1. The monoisotopic (exact) mass is 445 g/mol. The van der Waals surface area contributed by atoms with E-state index in [2.05, 4.69) is 15.3 Å². The van der Waals surface area contributed by atoms with Crippen LogP contribution in [0.4, 0.5) is 5.69 Å². The summed E-state index contributed by atoms with van der Waals surface area (Å²) >= 11 is 3.06. The van der Waals surface area contributed by atoms with E-state index in [1.807, 2.05) is 60.3 Å². The van der Waals surface area contributed by atoms with Gasteiger partial charge in [0.15, 0.2) is 4.96 Å². The van der Waals surface area contributed by atoms with Crippen LogP contribution in [-0.2, 0) is 0 Å². The van der Waals surface area contributed by atoms with Crippen LogP contribution < -0.4 is 5.32 Å². The number of rotatable bonds is 4. The van der Waals surface area contributed by atoms with Gasteiger partial charge in [-0.2, -0.15) is 0 Å². The molecule has 31 heavy (non-hydrogen) atoms. The summed E-state index contributed by atoms with van der Waals surface area (Å²) in [5.74, 6) is 1.31. The fourth-order valence-corrected chi connectivity index (χ4v) is 5.71. The van der Waals surface area contributed by atoms with Crippen molar-refractivity contribution in [2.45, 2.75) is 32.6 Å². The third kappa shape index (κ3) is 3.23. The van der Waals surface area contributed by atoms with E-state index >= 15 is 0 Å². The predicted octanol–water partition coefficient (Wildman–Crippen LogP) is 5.81. The lowest BCUT2D eigenvalue weighted by molar-refractivity contribution is 0.103. The molecule has 1 aliphatic rings. The summed E-state index contributed by atoms with van der Waals surface area (Å²) in [4.78, 5) is 29.7. The van der Waals surface area contributed by atoms with Crippen LogP contribution in [0.1, 0.15) is 45.5 Å². The summed E-state index contributed by atoms with van der Waals surface area (Å²) in [7, 11) is 0. The zero-order valence-corrected chi connectivity index (χ0v) is 18.7. The second-order valence-electron chi connectivity index (χ2n) is 7.93. The van der Waals surface area contributed by atoms with E-state index in [1.54, 1.807) is 11.3 Å². The maximum atomic E-state index is 13.0. The number of anilines is 1. The molecule has 0 radical (unpaired) electrons. The summed E-state index contributed by atoms with van der Waals surface area (Å²) < 4.78 is 2.01. The molecule has 0 aliphatic heterocycles. The van der Waals surface area contributed by atoms with Gasteiger partial charge in [-0.3, -0.25) is 9.20 Å². The molecule has 0 saturated heterocycles. The smallest absolute Gasteiger partial charge is 0.266 e. The van der Waals surface area contributed by atoms with Crippen molar-refractivity contribution in [2.75, 3.05) is 5.32 Å². The van der Waals surface area contributed by atoms with Crippen LogP contribution in [0, 0.1) is 13.8 Å². The van der Waals surface area contributed by atoms with E-state index in [9.17, 15) is 4.79 Å². The molecule has 1 saturated carbocycles. The number of aromatic nitrogens is 4. The van der Waals surface area contributed by atoms with Crippen LogP contribution in [0.3, 0.4) is 0 Å². The SMILES string of the molecule is Cc1nc(C2CC2)nc2sc(C(=O)Nc3ccc(-c4cn5ccsc5n4)cc3)c(C)c12. The lowest BCUT2D eigenvalue weighted by atomic mass is 10.1. The maximum absolute atomic E-state index is 13.0. The van der Waals surface area contributed by atoms with Gasteiger partial charge in [0.25, 0.3) is 5.91 Å². The molecule has 1 N–H and O–H groups in total. The molecule has 4 aromatic heterocycles. The van der Waals surface area contributed by atoms with Gasteiger partial charge in [0.1, 0.15) is 10.7 Å². The average molecular weight is 446 g/mol. The third-order valence-corrected chi connectivity index (χ3v) is 7.62. The van der Waals surface area contributed by atoms with Gasteiger partial charge in [0.2, 0.25) is 0 Å². The number of carbonyl (C=O) groups excluding carboxylic acids is 1. The number of thiophene rings is 1. The van der Waals surface area contributed by atoms with E-state index in [0.29, 0.717) is 10.8 Å². The van der Waals surface area contributed by atoms with Gasteiger partial charge in [-0.05, 0) is 44.4 Å². The van der Waals surface area contributed by atoms with Gasteiger partial charge >= 0.3 is 0 Å². The van der Waals surface area contributed by atoms with Gasteiger partial charge < -0.3 is 5.32 Å². The van der Waals surface area contributed by atoms with Gasteiger partial charge in [-0.25, -0.2) is 15.0 Å². The van der Waals surface area contributed by atoms with Crippen molar-refractivity contribution in [2.24, 2.45) is 0 Å². The molecule has 0 bridgehead atoms. The summed E-state index contributed by atoms with van der Waals surface area (Å²) in [5.41, 5.74) is 4.61. The molecule has 0 unspecified atom stereocenters. The highest BCUT2D eigenvalue weighted by molar-refractivity contribution is 7.20. The minimum absolute atomic E-state index is 0.108. The summed E-state index contributed by atoms with van der Waals surface area (Å²) in [6.45, 7) is 3.99. The van der Waals surface area contributed by atoms with E-state index in [0.717, 1.165) is 62.0 Å². The molecule has 4 heterocycles. The van der Waals surface area contributed by atoms with E-state index in [1.165, 1.54) is 11.3 Å². The van der Waals surface area contributed by atoms with Crippen LogP contribution in [0.2, 0.25) is 0 Å². The molecular weight excluding hydrogens is 426 g/mol. The molecule has 154 valence electrons. The molecule has 5 aromatic rings. The van der Waals surface area contributed by atoms with E-state index < -0.39 is 0 Å². The number of hydrogen-bond donors (Lipinski definition) is 1. The highest BCUT2D eigenvalue weighted by Crippen LogP contribution is 2.40. The van der Waals surface area contributed by atoms with Crippen molar-refractivity contribution >= 4 is 49.4 Å². The van der Waals surface area contributed by atoms with Crippen molar-refractivity contribution in [1.82, 2.24) is 19.4 Å². The highest BCUT2D eigenvalue weighted by atomic mass is 32.1. The Kier molecular flexibility index (Phi) is 4.19. The molecular formula is C23H19N5OS2. The molecule has 1 amide bonds. The fraction of sp³-hybridized carbons (Fsp3) is 0.217. The highest BCUT2D eigenvalue weighted by Gasteiger charge is 2.28. The van der Waals surface area contributed by atoms with Crippen LogP contribution in [0.25, 0.3) is 26.4 Å². The number of amides is 1. The predicted molar refractivity (Wildman–Crippen MR) is 125 cm³/mol. The Morgan fingerprint density at radius 2 is 1.94 bits per heavy atom. The molecule has 0 atom stereocenters. The van der Waals surface area contributed by atoms with Gasteiger partial charge in [-0.15, -0.1) is 22.7 Å². The van der Waals surface area contributed by atoms with Crippen LogP contribution in [0.5, 0.6) is 0 Å². The van der Waals surface area contributed by atoms with E-state index in [-0.39, 0.29) is 5.91 Å². The van der Waals surface area contributed by atoms with Crippen molar-refractivity contribution in [3.63, 3.8) is 0 Å². The normalized spacial score (nSPS) is 13.9. The van der Waals surface area contributed by atoms with E-state index in [4.69, 9.17) is 4.98 Å². The molecule has 6 rings (SSSR count). The Morgan fingerprint density at radius 1 is 1.13 bits per heavy atom. The number of hydrogen-bond acceptors (Lipinski definition) is 6. The first-order chi connectivity index (χ1) is 15.1. The number of aryl methyl sites for hydroxylation is 2. The molecule has 1 aliphatic carbocycles. The van der Waals surface area contributed by atoms with Gasteiger partial charge in [-0.1, -0.05) is 12.1 Å². The quantitative estimate of drug-likeness (QED) is 0.379. The van der Waals surface area contributed by atoms with Crippen LogP contribution in [0.15, 0.2) is 42.0 Å². The summed E-state index contributed by atoms with van der Waals surface area (Å²) in [5, 5.41) is 6.05. The molecule has 6 nitrogen and oxygen atoms in total. The van der Waals surface area contributed by atoms with Gasteiger partial charge in [0.05, 0.1) is 16.3 Å². The van der Waals surface area contributed by atoms with Crippen molar-refractivity contribution in [1.29, 1.82) is 0 Å². The molecule has 8 heteroatoms. The lowest BCUT2D eigenvalue weighted by Gasteiger charge is -2.05. The number of carbonyl (C=O) groups is 1. The minimum atomic E-state index is -0.108. The Balaban J connectivity index is 1.26. The summed E-state index contributed by atoms with van der Waals surface area (Å²) in [6.07, 6.45) is 6.34. The average Bonchev–Trinajstić information content (AvgIpc) is 3.24. The Hall–Kier alpha value is -3.10. The second-order valence-corrected chi connectivity index (χ2v) is 9.80. The lowest BCUT2D eigenvalue weighted by Crippen LogP contribution is -2.11. The Bertz CT molecular complexity index is 1430. The Labute approximate surface area is 186 Å². The maximum Gasteiger partial charge on any atom is 0.266 e. The largest absolute Gasteiger partial charge is 0.321 e. The fourth-order valence-electron chi connectivity index (χ4n) is 3.88. The summed E-state index contributed by atoms with van der Waals surface area (Å²) in [6, 6.07) is 7.80. The number of nitrogens with zero attached hydrogens (tertiary/aromatic N) is 4. The zero-order chi connectivity index (χ0) is 21.1. The minimum Gasteiger partial charge on any atom is -0.321 e. The van der Waals surface area contributed by atoms with Crippen molar-refractivity contribution < 1.29 is 4.79 Å². The standard InChI is InChI=1S/C23H19N5OS2/c1-12-18-13(2)24-20(15-3-4-15)27-22(18)31-19(12)21(29)25-16-7-5-14(6-8-16)17-11-28-9-10-30-23(28)26-17/h5-11,15H,3-4H2,1-2H3,(H,25,29).